The highest BCUT2D eigenvalue weighted by Gasteiger charge is 2.06. The van der Waals surface area contributed by atoms with Crippen molar-refractivity contribution in [3.05, 3.63) is 29.3 Å². The molecule has 1 atom stereocenters. The predicted octanol–water partition coefficient (Wildman–Crippen LogP) is 2.21. The largest absolute Gasteiger partial charge is 0.496 e. The van der Waals surface area contributed by atoms with Crippen molar-refractivity contribution in [1.29, 1.82) is 0 Å². The molecule has 0 aliphatic rings. The molecule has 0 aliphatic carbocycles. The minimum Gasteiger partial charge on any atom is -0.496 e. The molecule has 1 rings (SSSR count). The van der Waals surface area contributed by atoms with Gasteiger partial charge in [-0.05, 0) is 38.3 Å². The van der Waals surface area contributed by atoms with Crippen molar-refractivity contribution >= 4 is 18.3 Å². The molecule has 0 spiro atoms. The average molecular weight is 301 g/mol. The van der Waals surface area contributed by atoms with Crippen LogP contribution in [0.3, 0.4) is 0 Å². The fourth-order valence-corrected chi connectivity index (χ4v) is 1.89. The SMILES string of the molecule is COc1ccc(C)cc1CCNC(=O)CCC(C)N.Cl. The molecule has 1 aromatic carbocycles. The molecule has 0 bridgehead atoms. The van der Waals surface area contributed by atoms with Gasteiger partial charge < -0.3 is 15.8 Å². The standard InChI is InChI=1S/C15H24N2O2.ClH/c1-11-4-6-14(19-3)13(10-11)8-9-17-15(18)7-5-12(2)16;/h4,6,10,12H,5,7-9,16H2,1-3H3,(H,17,18);1H. The lowest BCUT2D eigenvalue weighted by atomic mass is 10.1. The summed E-state index contributed by atoms with van der Waals surface area (Å²) in [5.41, 5.74) is 7.93. The molecule has 0 aliphatic heterocycles. The number of carbonyl (C=O) groups excluding carboxylic acids is 1. The van der Waals surface area contributed by atoms with Gasteiger partial charge in [-0.1, -0.05) is 17.7 Å². The maximum Gasteiger partial charge on any atom is 0.220 e. The zero-order valence-corrected chi connectivity index (χ0v) is 13.3. The zero-order chi connectivity index (χ0) is 14.3. The number of nitrogens with one attached hydrogen (secondary N) is 1. The summed E-state index contributed by atoms with van der Waals surface area (Å²) in [5.74, 6) is 0.930. The van der Waals surface area contributed by atoms with Crippen LogP contribution in [-0.2, 0) is 11.2 Å². The number of aryl methyl sites for hydroxylation is 1. The van der Waals surface area contributed by atoms with Crippen molar-refractivity contribution in [2.45, 2.75) is 39.2 Å². The Bertz CT molecular complexity index is 422. The highest BCUT2D eigenvalue weighted by atomic mass is 35.5. The Hall–Kier alpha value is -1.26. The number of methoxy groups -OCH3 is 1. The van der Waals surface area contributed by atoms with E-state index in [1.165, 1.54) is 5.56 Å². The first-order valence-corrected chi connectivity index (χ1v) is 6.68. The van der Waals surface area contributed by atoms with Gasteiger partial charge >= 0.3 is 0 Å². The highest BCUT2D eigenvalue weighted by Crippen LogP contribution is 2.19. The van der Waals surface area contributed by atoms with Crippen molar-refractivity contribution in [3.63, 3.8) is 0 Å². The van der Waals surface area contributed by atoms with E-state index >= 15 is 0 Å². The van der Waals surface area contributed by atoms with Crippen LogP contribution in [0, 0.1) is 6.92 Å². The molecule has 5 heteroatoms. The summed E-state index contributed by atoms with van der Waals surface area (Å²) in [7, 11) is 1.66. The van der Waals surface area contributed by atoms with E-state index in [-0.39, 0.29) is 24.4 Å². The van der Waals surface area contributed by atoms with Crippen LogP contribution in [0.4, 0.5) is 0 Å². The van der Waals surface area contributed by atoms with Crippen molar-refractivity contribution in [2.24, 2.45) is 5.73 Å². The van der Waals surface area contributed by atoms with Crippen molar-refractivity contribution in [1.82, 2.24) is 5.32 Å². The first-order chi connectivity index (χ1) is 9.02. The molecule has 1 aromatic rings. The number of amides is 1. The van der Waals surface area contributed by atoms with Crippen LogP contribution in [0.15, 0.2) is 18.2 Å². The van der Waals surface area contributed by atoms with E-state index in [4.69, 9.17) is 10.5 Å². The molecule has 0 heterocycles. The first-order valence-electron chi connectivity index (χ1n) is 6.68. The Balaban J connectivity index is 0.00000361. The zero-order valence-electron chi connectivity index (χ0n) is 12.4. The van der Waals surface area contributed by atoms with E-state index in [0.717, 1.165) is 24.2 Å². The van der Waals surface area contributed by atoms with Crippen LogP contribution in [0.2, 0.25) is 0 Å². The third-order valence-corrected chi connectivity index (χ3v) is 2.98. The number of carbonyl (C=O) groups is 1. The molecule has 0 radical (unpaired) electrons. The summed E-state index contributed by atoms with van der Waals surface area (Å²) in [6.07, 6.45) is 1.98. The molecule has 1 unspecified atom stereocenters. The van der Waals surface area contributed by atoms with Gasteiger partial charge in [0.1, 0.15) is 5.75 Å². The lowest BCUT2D eigenvalue weighted by Gasteiger charge is -2.10. The third kappa shape index (κ3) is 6.78. The first kappa shape index (κ1) is 18.7. The second kappa shape index (κ2) is 9.61. The molecule has 3 N–H and O–H groups in total. The van der Waals surface area contributed by atoms with Crippen molar-refractivity contribution in [2.75, 3.05) is 13.7 Å². The summed E-state index contributed by atoms with van der Waals surface area (Å²) < 4.78 is 5.31. The van der Waals surface area contributed by atoms with Gasteiger partial charge in [0.15, 0.2) is 0 Å². The van der Waals surface area contributed by atoms with Crippen molar-refractivity contribution < 1.29 is 9.53 Å². The summed E-state index contributed by atoms with van der Waals surface area (Å²) >= 11 is 0. The van der Waals surface area contributed by atoms with E-state index in [0.29, 0.717) is 13.0 Å². The van der Waals surface area contributed by atoms with Gasteiger partial charge in [-0.15, -0.1) is 12.4 Å². The fraction of sp³-hybridized carbons (Fsp3) is 0.533. The smallest absolute Gasteiger partial charge is 0.220 e. The molecule has 0 fully saturated rings. The highest BCUT2D eigenvalue weighted by molar-refractivity contribution is 5.85. The maximum absolute atomic E-state index is 11.6. The summed E-state index contributed by atoms with van der Waals surface area (Å²) in [6, 6.07) is 6.14. The van der Waals surface area contributed by atoms with Crippen LogP contribution in [0.1, 0.15) is 30.9 Å². The maximum atomic E-state index is 11.6. The molecular weight excluding hydrogens is 276 g/mol. The lowest BCUT2D eigenvalue weighted by molar-refractivity contribution is -0.121. The second-order valence-electron chi connectivity index (χ2n) is 4.93. The van der Waals surface area contributed by atoms with Crippen molar-refractivity contribution in [3.8, 4) is 5.75 Å². The van der Waals surface area contributed by atoms with Crippen LogP contribution >= 0.6 is 12.4 Å². The van der Waals surface area contributed by atoms with Gasteiger partial charge in [0.25, 0.3) is 0 Å². The number of nitrogens with two attached hydrogens (primary N) is 1. The van der Waals surface area contributed by atoms with E-state index < -0.39 is 0 Å². The van der Waals surface area contributed by atoms with Gasteiger partial charge in [0.2, 0.25) is 5.91 Å². The van der Waals surface area contributed by atoms with Gasteiger partial charge in [0, 0.05) is 19.0 Å². The summed E-state index contributed by atoms with van der Waals surface area (Å²) in [4.78, 5) is 11.6. The van der Waals surface area contributed by atoms with Gasteiger partial charge in [-0.2, -0.15) is 0 Å². The topological polar surface area (TPSA) is 64.3 Å². The molecule has 1 amide bonds. The molecule has 0 saturated heterocycles. The van der Waals surface area contributed by atoms with Gasteiger partial charge in [0.05, 0.1) is 7.11 Å². The van der Waals surface area contributed by atoms with E-state index in [1.807, 2.05) is 26.0 Å². The van der Waals surface area contributed by atoms with E-state index in [9.17, 15) is 4.79 Å². The van der Waals surface area contributed by atoms with Gasteiger partial charge in [-0.25, -0.2) is 0 Å². The number of benzene rings is 1. The number of hydrogen-bond acceptors (Lipinski definition) is 3. The summed E-state index contributed by atoms with van der Waals surface area (Å²) in [5, 5.41) is 2.91. The quantitative estimate of drug-likeness (QED) is 0.811. The number of ether oxygens (including phenoxy) is 1. The van der Waals surface area contributed by atoms with Crippen LogP contribution in [0.5, 0.6) is 5.75 Å². The number of rotatable bonds is 7. The summed E-state index contributed by atoms with van der Waals surface area (Å²) in [6.45, 7) is 4.58. The average Bonchev–Trinajstić information content (AvgIpc) is 2.36. The molecule has 20 heavy (non-hydrogen) atoms. The number of hydrogen-bond donors (Lipinski definition) is 2. The van der Waals surface area contributed by atoms with E-state index in [2.05, 4.69) is 11.4 Å². The predicted molar refractivity (Wildman–Crippen MR) is 84.6 cm³/mol. The minimum atomic E-state index is 0. The normalized spacial score (nSPS) is 11.4. The Morgan fingerprint density at radius 1 is 1.45 bits per heavy atom. The molecule has 114 valence electrons. The van der Waals surface area contributed by atoms with Crippen LogP contribution < -0.4 is 15.8 Å². The monoisotopic (exact) mass is 300 g/mol. The van der Waals surface area contributed by atoms with Crippen LogP contribution in [-0.4, -0.2) is 25.6 Å². The Labute approximate surface area is 127 Å². The molecule has 0 aromatic heterocycles. The molecular formula is C15H25ClN2O2. The minimum absolute atomic E-state index is 0. The van der Waals surface area contributed by atoms with E-state index in [1.54, 1.807) is 7.11 Å². The number of halogens is 1. The Morgan fingerprint density at radius 3 is 2.75 bits per heavy atom. The fourth-order valence-electron chi connectivity index (χ4n) is 1.89. The second-order valence-corrected chi connectivity index (χ2v) is 4.93. The Kier molecular flexibility index (Phi) is 9.01. The molecule has 0 saturated carbocycles. The third-order valence-electron chi connectivity index (χ3n) is 2.98. The Morgan fingerprint density at radius 2 is 2.15 bits per heavy atom. The van der Waals surface area contributed by atoms with Crippen LogP contribution in [0.25, 0.3) is 0 Å². The molecule has 4 nitrogen and oxygen atoms in total. The lowest BCUT2D eigenvalue weighted by Crippen LogP contribution is -2.27. The van der Waals surface area contributed by atoms with Gasteiger partial charge in [-0.3, -0.25) is 4.79 Å².